The van der Waals surface area contributed by atoms with Gasteiger partial charge in [-0.15, -0.1) is 0 Å². The first-order valence-electron chi connectivity index (χ1n) is 13.7. The molecular formula is C28H36N6O5. The molecular weight excluding hydrogens is 500 g/mol. The fourth-order valence-corrected chi connectivity index (χ4v) is 5.88. The zero-order valence-electron chi connectivity index (χ0n) is 22.8. The van der Waals surface area contributed by atoms with Gasteiger partial charge in [0.05, 0.1) is 30.0 Å². The van der Waals surface area contributed by atoms with Gasteiger partial charge >= 0.3 is 5.69 Å². The van der Waals surface area contributed by atoms with Crippen molar-refractivity contribution in [3.63, 3.8) is 0 Å². The van der Waals surface area contributed by atoms with Gasteiger partial charge in [0, 0.05) is 52.7 Å². The number of aromatic nitrogens is 4. The lowest BCUT2D eigenvalue weighted by atomic mass is 9.81. The van der Waals surface area contributed by atoms with E-state index in [9.17, 15) is 19.2 Å². The number of benzene rings is 1. The van der Waals surface area contributed by atoms with Crippen molar-refractivity contribution in [3.8, 4) is 5.75 Å². The van der Waals surface area contributed by atoms with Gasteiger partial charge in [-0.2, -0.15) is 0 Å². The summed E-state index contributed by atoms with van der Waals surface area (Å²) < 4.78 is 10.1. The predicted octanol–water partition coefficient (Wildman–Crippen LogP) is 1.62. The number of carbonyl (C=O) groups excluding carboxylic acids is 2. The molecule has 208 valence electrons. The predicted molar refractivity (Wildman–Crippen MR) is 146 cm³/mol. The van der Waals surface area contributed by atoms with E-state index in [1.165, 1.54) is 9.13 Å². The molecule has 3 heterocycles. The van der Waals surface area contributed by atoms with Crippen LogP contribution in [0.2, 0.25) is 0 Å². The standard InChI is InChI=1S/C28H36N6O5/c1-4-39-21-9-10-23-22(15-21)26(36)34(28(38)31(23)3)17-19-5-7-20(8-6-19)25(35)32-11-13-33(14-12-32)27(37)24-16-29-18-30(24)2/h9-10,15-16,18-20H,4-8,11-14,17H2,1-3H3/t19-,20-. The number of piperazine rings is 1. The Kier molecular flexibility index (Phi) is 7.58. The summed E-state index contributed by atoms with van der Waals surface area (Å²) in [6, 6.07) is 5.22. The van der Waals surface area contributed by atoms with Crippen molar-refractivity contribution in [2.45, 2.75) is 39.2 Å². The first-order valence-corrected chi connectivity index (χ1v) is 13.7. The van der Waals surface area contributed by atoms with Crippen molar-refractivity contribution in [2.75, 3.05) is 32.8 Å². The van der Waals surface area contributed by atoms with E-state index in [4.69, 9.17) is 4.74 Å². The number of rotatable bonds is 6. The van der Waals surface area contributed by atoms with Gasteiger partial charge in [0.1, 0.15) is 11.4 Å². The molecule has 2 fully saturated rings. The minimum Gasteiger partial charge on any atom is -0.494 e. The van der Waals surface area contributed by atoms with Gasteiger partial charge in [-0.25, -0.2) is 9.78 Å². The van der Waals surface area contributed by atoms with Gasteiger partial charge in [-0.05, 0) is 56.7 Å². The number of imidazole rings is 1. The SMILES string of the molecule is CCOc1ccc2c(c1)c(=O)n(C[C@H]1CC[C@H](C(=O)N3CCN(C(=O)c4cncn4C)CC3)CC1)c(=O)n2C. The maximum Gasteiger partial charge on any atom is 0.331 e. The highest BCUT2D eigenvalue weighted by molar-refractivity contribution is 5.92. The molecule has 39 heavy (non-hydrogen) atoms. The van der Waals surface area contributed by atoms with E-state index < -0.39 is 0 Å². The second-order valence-electron chi connectivity index (χ2n) is 10.6. The van der Waals surface area contributed by atoms with Crippen LogP contribution in [0.15, 0.2) is 40.3 Å². The Morgan fingerprint density at radius 1 is 1.00 bits per heavy atom. The summed E-state index contributed by atoms with van der Waals surface area (Å²) >= 11 is 0. The summed E-state index contributed by atoms with van der Waals surface area (Å²) in [7, 11) is 3.48. The molecule has 1 saturated carbocycles. The third kappa shape index (κ3) is 5.22. The van der Waals surface area contributed by atoms with Crippen molar-refractivity contribution in [3.05, 3.63) is 57.3 Å². The van der Waals surface area contributed by atoms with E-state index in [1.54, 1.807) is 54.3 Å². The van der Waals surface area contributed by atoms with Crippen molar-refractivity contribution < 1.29 is 14.3 Å². The van der Waals surface area contributed by atoms with Crippen molar-refractivity contribution in [1.29, 1.82) is 0 Å². The average Bonchev–Trinajstić information content (AvgIpc) is 3.39. The molecule has 0 atom stereocenters. The molecule has 0 radical (unpaired) electrons. The van der Waals surface area contributed by atoms with Gasteiger partial charge in [0.25, 0.3) is 11.5 Å². The number of hydrogen-bond acceptors (Lipinski definition) is 6. The highest BCUT2D eigenvalue weighted by Gasteiger charge is 2.33. The Morgan fingerprint density at radius 2 is 1.69 bits per heavy atom. The molecule has 1 aromatic carbocycles. The number of nitrogens with zero attached hydrogens (tertiary/aromatic N) is 6. The van der Waals surface area contributed by atoms with Crippen LogP contribution in [0.3, 0.4) is 0 Å². The highest BCUT2D eigenvalue weighted by atomic mass is 16.5. The van der Waals surface area contributed by atoms with Crippen molar-refractivity contribution >= 4 is 22.7 Å². The van der Waals surface area contributed by atoms with Crippen molar-refractivity contribution in [2.24, 2.45) is 25.9 Å². The molecule has 2 amide bonds. The fraction of sp³-hybridized carbons (Fsp3) is 0.536. The second-order valence-corrected chi connectivity index (χ2v) is 10.6. The van der Waals surface area contributed by atoms with Crippen LogP contribution in [0.25, 0.3) is 10.9 Å². The normalized spacial score (nSPS) is 19.9. The number of fused-ring (bicyclic) bond motifs is 1. The first kappa shape index (κ1) is 26.7. The summed E-state index contributed by atoms with van der Waals surface area (Å²) in [6.45, 7) is 4.77. The molecule has 0 bridgehead atoms. The average molecular weight is 537 g/mol. The van der Waals surface area contributed by atoms with Gasteiger partial charge in [0.15, 0.2) is 0 Å². The van der Waals surface area contributed by atoms with Crippen molar-refractivity contribution in [1.82, 2.24) is 28.5 Å². The number of aryl methyl sites for hydroxylation is 2. The summed E-state index contributed by atoms with van der Waals surface area (Å²) in [6.07, 6.45) is 6.20. The second kappa shape index (κ2) is 11.1. The molecule has 1 saturated heterocycles. The maximum absolute atomic E-state index is 13.3. The zero-order chi connectivity index (χ0) is 27.7. The first-order chi connectivity index (χ1) is 18.8. The van der Waals surface area contributed by atoms with Crippen LogP contribution in [0, 0.1) is 11.8 Å². The van der Waals surface area contributed by atoms with E-state index >= 15 is 0 Å². The Hall–Kier alpha value is -3.89. The van der Waals surface area contributed by atoms with Crippen LogP contribution in [0.5, 0.6) is 5.75 Å². The van der Waals surface area contributed by atoms with Crippen LogP contribution in [0.4, 0.5) is 0 Å². The Bertz CT molecular complexity index is 1490. The fourth-order valence-electron chi connectivity index (χ4n) is 5.88. The summed E-state index contributed by atoms with van der Waals surface area (Å²) in [5, 5.41) is 0.466. The molecule has 2 aromatic heterocycles. The summed E-state index contributed by atoms with van der Waals surface area (Å²) in [4.78, 5) is 60.0. The Morgan fingerprint density at radius 3 is 2.33 bits per heavy atom. The van der Waals surface area contributed by atoms with E-state index in [2.05, 4.69) is 4.98 Å². The van der Waals surface area contributed by atoms with Crippen LogP contribution in [-0.4, -0.2) is 73.1 Å². The van der Waals surface area contributed by atoms with Gasteiger partial charge in [0.2, 0.25) is 5.91 Å². The number of hydrogen-bond donors (Lipinski definition) is 0. The minimum absolute atomic E-state index is 0.0632. The summed E-state index contributed by atoms with van der Waals surface area (Å²) in [5.41, 5.74) is 0.504. The molecule has 5 rings (SSSR count). The topological polar surface area (TPSA) is 112 Å². The van der Waals surface area contributed by atoms with Crippen LogP contribution < -0.4 is 16.0 Å². The minimum atomic E-state index is -0.326. The number of carbonyl (C=O) groups is 2. The van der Waals surface area contributed by atoms with Crippen LogP contribution in [0.1, 0.15) is 43.1 Å². The lowest BCUT2D eigenvalue weighted by Gasteiger charge is -2.38. The molecule has 1 aliphatic heterocycles. The molecule has 3 aromatic rings. The lowest BCUT2D eigenvalue weighted by molar-refractivity contribution is -0.138. The molecule has 11 heteroatoms. The monoisotopic (exact) mass is 536 g/mol. The van der Waals surface area contributed by atoms with Gasteiger partial charge in [-0.1, -0.05) is 0 Å². The van der Waals surface area contributed by atoms with E-state index in [-0.39, 0.29) is 34.9 Å². The third-order valence-corrected chi connectivity index (χ3v) is 8.18. The Labute approximate surface area is 226 Å². The molecule has 1 aliphatic carbocycles. The maximum atomic E-state index is 13.3. The molecule has 2 aliphatic rings. The molecule has 0 N–H and O–H groups in total. The van der Waals surface area contributed by atoms with Crippen LogP contribution in [-0.2, 0) is 25.4 Å². The van der Waals surface area contributed by atoms with Crippen LogP contribution >= 0.6 is 0 Å². The molecule has 0 unspecified atom stereocenters. The van der Waals surface area contributed by atoms with E-state index in [0.29, 0.717) is 61.7 Å². The van der Waals surface area contributed by atoms with E-state index in [1.807, 2.05) is 11.8 Å². The van der Waals surface area contributed by atoms with Gasteiger partial charge in [-0.3, -0.25) is 23.5 Å². The zero-order valence-corrected chi connectivity index (χ0v) is 22.8. The summed E-state index contributed by atoms with van der Waals surface area (Å²) in [5.74, 6) is 0.773. The van der Waals surface area contributed by atoms with E-state index in [0.717, 1.165) is 25.7 Å². The smallest absolute Gasteiger partial charge is 0.331 e. The van der Waals surface area contributed by atoms with Gasteiger partial charge < -0.3 is 19.1 Å². The quantitative estimate of drug-likeness (QED) is 0.473. The highest BCUT2D eigenvalue weighted by Crippen LogP contribution is 2.31. The Balaban J connectivity index is 1.19. The lowest BCUT2D eigenvalue weighted by Crippen LogP contribution is -2.52. The molecule has 11 nitrogen and oxygen atoms in total. The molecule has 0 spiro atoms. The third-order valence-electron chi connectivity index (χ3n) is 8.18. The number of ether oxygens (including phenoxy) is 1. The largest absolute Gasteiger partial charge is 0.494 e. The number of amides is 2.